The molecule has 0 bridgehead atoms. The van der Waals surface area contributed by atoms with E-state index in [0.29, 0.717) is 6.42 Å². The van der Waals surface area contributed by atoms with E-state index < -0.39 is 11.7 Å². The summed E-state index contributed by atoms with van der Waals surface area (Å²) in [6.07, 6.45) is 2.49. The summed E-state index contributed by atoms with van der Waals surface area (Å²) in [5, 5.41) is 18.8. The van der Waals surface area contributed by atoms with Crippen molar-refractivity contribution in [1.29, 1.82) is 0 Å². The lowest BCUT2D eigenvalue weighted by Crippen LogP contribution is -2.35. The van der Waals surface area contributed by atoms with Gasteiger partial charge in [-0.05, 0) is 40.5 Å². The Hall–Kier alpha value is -0.340. The lowest BCUT2D eigenvalue weighted by atomic mass is 9.96. The van der Waals surface area contributed by atoms with Crippen molar-refractivity contribution in [2.75, 3.05) is 0 Å². The molecule has 0 heterocycles. The Morgan fingerprint density at radius 2 is 2.08 bits per heavy atom. The van der Waals surface area contributed by atoms with Crippen LogP contribution < -0.4 is 0 Å². The van der Waals surface area contributed by atoms with Crippen LogP contribution in [0.1, 0.15) is 33.6 Å². The molecule has 0 aliphatic rings. The van der Waals surface area contributed by atoms with Gasteiger partial charge in [0, 0.05) is 0 Å². The molecule has 0 rings (SSSR count). The largest absolute Gasteiger partial charge is 0.390 e. The Bertz CT molecular complexity index is 154. The summed E-state index contributed by atoms with van der Waals surface area (Å²) < 4.78 is 0. The van der Waals surface area contributed by atoms with Crippen molar-refractivity contribution in [2.24, 2.45) is 0 Å². The zero-order valence-corrected chi connectivity index (χ0v) is 8.17. The highest BCUT2D eigenvalue weighted by atomic mass is 16.3. The molecule has 0 aromatic heterocycles. The van der Waals surface area contributed by atoms with Gasteiger partial charge in [0.15, 0.2) is 0 Å². The number of aliphatic hydroxyl groups is 2. The van der Waals surface area contributed by atoms with Crippen molar-refractivity contribution in [3.63, 3.8) is 0 Å². The van der Waals surface area contributed by atoms with Gasteiger partial charge in [0.05, 0.1) is 11.7 Å². The Kier molecular flexibility index (Phi) is 4.50. The molecule has 2 heteroatoms. The molecule has 12 heavy (non-hydrogen) atoms. The summed E-state index contributed by atoms with van der Waals surface area (Å²) >= 11 is 0. The third-order valence-corrected chi connectivity index (χ3v) is 1.98. The smallest absolute Gasteiger partial charge is 0.0849 e. The molecule has 2 nitrogen and oxygen atoms in total. The van der Waals surface area contributed by atoms with E-state index in [1.165, 1.54) is 0 Å². The van der Waals surface area contributed by atoms with Gasteiger partial charge in [-0.15, -0.1) is 0 Å². The van der Waals surface area contributed by atoms with E-state index in [4.69, 9.17) is 0 Å². The van der Waals surface area contributed by atoms with Crippen molar-refractivity contribution in [1.82, 2.24) is 0 Å². The molecule has 1 atom stereocenters. The molecule has 2 N–H and O–H groups in total. The molecule has 0 aromatic carbocycles. The highest BCUT2D eigenvalue weighted by molar-refractivity contribution is 5.00. The molecular formula is C10H19O2. The Morgan fingerprint density at radius 1 is 1.58 bits per heavy atom. The highest BCUT2D eigenvalue weighted by Gasteiger charge is 2.23. The summed E-state index contributed by atoms with van der Waals surface area (Å²) in [5.74, 6) is 0. The van der Waals surface area contributed by atoms with Gasteiger partial charge < -0.3 is 10.2 Å². The monoisotopic (exact) mass is 171 g/mol. The first-order valence-electron chi connectivity index (χ1n) is 4.23. The van der Waals surface area contributed by atoms with Crippen molar-refractivity contribution >= 4 is 0 Å². The van der Waals surface area contributed by atoms with Crippen LogP contribution in [0.3, 0.4) is 0 Å². The third kappa shape index (κ3) is 4.52. The van der Waals surface area contributed by atoms with Crippen LogP contribution in [0.15, 0.2) is 11.6 Å². The topological polar surface area (TPSA) is 40.5 Å². The molecule has 0 fully saturated rings. The van der Waals surface area contributed by atoms with E-state index >= 15 is 0 Å². The lowest BCUT2D eigenvalue weighted by molar-refractivity contribution is -0.0509. The first-order valence-corrected chi connectivity index (χ1v) is 4.23. The van der Waals surface area contributed by atoms with E-state index in [0.717, 1.165) is 12.0 Å². The van der Waals surface area contributed by atoms with Gasteiger partial charge >= 0.3 is 0 Å². The van der Waals surface area contributed by atoms with E-state index in [2.05, 4.69) is 6.92 Å². The van der Waals surface area contributed by atoms with Crippen LogP contribution in [0.4, 0.5) is 0 Å². The molecule has 0 saturated carbocycles. The minimum atomic E-state index is -0.999. The van der Waals surface area contributed by atoms with E-state index in [-0.39, 0.29) is 0 Å². The Balaban J connectivity index is 3.80. The van der Waals surface area contributed by atoms with Gasteiger partial charge in [0.1, 0.15) is 0 Å². The van der Waals surface area contributed by atoms with E-state index in [9.17, 15) is 10.2 Å². The molecule has 0 aromatic rings. The molecule has 0 aliphatic carbocycles. The van der Waals surface area contributed by atoms with Crippen molar-refractivity contribution in [2.45, 2.75) is 45.3 Å². The second kappa shape index (κ2) is 4.63. The average molecular weight is 171 g/mol. The van der Waals surface area contributed by atoms with Crippen LogP contribution in [0.5, 0.6) is 0 Å². The van der Waals surface area contributed by atoms with Crippen molar-refractivity contribution < 1.29 is 10.2 Å². The zero-order valence-electron chi connectivity index (χ0n) is 8.17. The maximum Gasteiger partial charge on any atom is 0.0849 e. The van der Waals surface area contributed by atoms with Crippen LogP contribution in [0.2, 0.25) is 0 Å². The summed E-state index contributed by atoms with van der Waals surface area (Å²) in [5.41, 5.74) is 0.139. The van der Waals surface area contributed by atoms with Crippen LogP contribution >= 0.6 is 0 Å². The summed E-state index contributed by atoms with van der Waals surface area (Å²) in [7, 11) is 0. The predicted molar refractivity (Wildman–Crippen MR) is 50.7 cm³/mol. The standard InChI is InChI=1S/C10H19O2/c1-5-8(2)6-7-9(11)10(3,4)12/h5,9,11-12H,1,6-7H2,2-4H3/b8-5+. The quantitative estimate of drug-likeness (QED) is 0.675. The van der Waals surface area contributed by atoms with Crippen molar-refractivity contribution in [3.8, 4) is 0 Å². The third-order valence-electron chi connectivity index (χ3n) is 1.98. The normalized spacial score (nSPS) is 16.3. The first kappa shape index (κ1) is 11.7. The SMILES string of the molecule is [CH2]/C=C(\C)CCC(O)C(C)(C)O. The van der Waals surface area contributed by atoms with E-state index in [1.807, 2.05) is 6.92 Å². The van der Waals surface area contributed by atoms with Gasteiger partial charge in [0.2, 0.25) is 0 Å². The predicted octanol–water partition coefficient (Wildman–Crippen LogP) is 1.68. The van der Waals surface area contributed by atoms with Crippen LogP contribution in [0, 0.1) is 6.92 Å². The van der Waals surface area contributed by atoms with Gasteiger partial charge in [-0.1, -0.05) is 11.6 Å². The fourth-order valence-electron chi connectivity index (χ4n) is 0.820. The van der Waals surface area contributed by atoms with Gasteiger partial charge in [-0.2, -0.15) is 0 Å². The zero-order chi connectivity index (χ0) is 9.78. The lowest BCUT2D eigenvalue weighted by Gasteiger charge is -2.24. The molecule has 71 valence electrons. The molecule has 1 radical (unpaired) electrons. The average Bonchev–Trinajstić information content (AvgIpc) is 1.97. The number of allylic oxidation sites excluding steroid dienone is 2. The molecule has 0 aliphatic heterocycles. The summed E-state index contributed by atoms with van der Waals surface area (Å²) in [6, 6.07) is 0. The highest BCUT2D eigenvalue weighted by Crippen LogP contribution is 2.15. The summed E-state index contributed by atoms with van der Waals surface area (Å²) in [6.45, 7) is 8.81. The van der Waals surface area contributed by atoms with Crippen LogP contribution in [-0.2, 0) is 0 Å². The fourth-order valence-corrected chi connectivity index (χ4v) is 0.820. The molecule has 0 amide bonds. The van der Waals surface area contributed by atoms with Crippen LogP contribution in [0.25, 0.3) is 0 Å². The van der Waals surface area contributed by atoms with Crippen molar-refractivity contribution in [3.05, 3.63) is 18.6 Å². The summed E-state index contributed by atoms with van der Waals surface area (Å²) in [4.78, 5) is 0. The second-order valence-corrected chi connectivity index (χ2v) is 3.76. The molecular weight excluding hydrogens is 152 g/mol. The first-order chi connectivity index (χ1) is 5.38. The van der Waals surface area contributed by atoms with Gasteiger partial charge in [-0.3, -0.25) is 0 Å². The fraction of sp³-hybridized carbons (Fsp3) is 0.700. The second-order valence-electron chi connectivity index (χ2n) is 3.76. The van der Waals surface area contributed by atoms with Gasteiger partial charge in [0.25, 0.3) is 0 Å². The Morgan fingerprint density at radius 3 is 2.42 bits per heavy atom. The van der Waals surface area contributed by atoms with Gasteiger partial charge in [-0.25, -0.2) is 0 Å². The number of hydrogen-bond donors (Lipinski definition) is 2. The molecule has 1 unspecified atom stereocenters. The van der Waals surface area contributed by atoms with E-state index in [1.54, 1.807) is 19.9 Å². The maximum atomic E-state index is 9.43. The number of rotatable bonds is 4. The molecule has 0 saturated heterocycles. The Labute approximate surface area is 74.9 Å². The molecule has 0 spiro atoms. The maximum absolute atomic E-state index is 9.43. The van der Waals surface area contributed by atoms with Crippen LogP contribution in [-0.4, -0.2) is 21.9 Å². The minimum absolute atomic E-state index is 0.585. The number of aliphatic hydroxyl groups excluding tert-OH is 1. The number of hydrogen-bond acceptors (Lipinski definition) is 2. The minimum Gasteiger partial charge on any atom is -0.390 e.